The molecule has 0 amide bonds. The third-order valence-electron chi connectivity index (χ3n) is 0.741. The van der Waals surface area contributed by atoms with Crippen LogP contribution in [0.5, 0.6) is 0 Å². The van der Waals surface area contributed by atoms with E-state index in [4.69, 9.17) is 0 Å². The maximum absolute atomic E-state index is 11.8. The van der Waals surface area contributed by atoms with Gasteiger partial charge in [0.1, 0.15) is 0 Å². The monoisotopic (exact) mass is 159 g/mol. The molecule has 0 aromatic carbocycles. The van der Waals surface area contributed by atoms with Gasteiger partial charge in [-0.3, -0.25) is 0 Å². The quantitative estimate of drug-likeness (QED) is 0.623. The van der Waals surface area contributed by atoms with Gasteiger partial charge in [-0.2, -0.15) is 8.78 Å². The molecule has 0 spiro atoms. The van der Waals surface area contributed by atoms with E-state index in [0.29, 0.717) is 6.92 Å². The summed E-state index contributed by atoms with van der Waals surface area (Å²) < 4.78 is 45.5. The van der Waals surface area contributed by atoms with Crippen molar-refractivity contribution in [3.63, 3.8) is 0 Å². The van der Waals surface area contributed by atoms with Gasteiger partial charge < -0.3 is 0 Å². The number of sulfonamides is 1. The summed E-state index contributed by atoms with van der Waals surface area (Å²) in [5.41, 5.74) is 0. The number of hydrogen-bond acceptors (Lipinski definition) is 2. The van der Waals surface area contributed by atoms with Crippen LogP contribution in [0.25, 0.3) is 0 Å². The van der Waals surface area contributed by atoms with Gasteiger partial charge in [0.2, 0.25) is 0 Å². The van der Waals surface area contributed by atoms with Crippen molar-refractivity contribution >= 4 is 10.0 Å². The van der Waals surface area contributed by atoms with Crippen LogP contribution in [0.3, 0.4) is 0 Å². The highest BCUT2D eigenvalue weighted by Gasteiger charge is 2.37. The second kappa shape index (κ2) is 2.18. The van der Waals surface area contributed by atoms with Gasteiger partial charge in [0.05, 0.1) is 0 Å². The highest BCUT2D eigenvalue weighted by atomic mass is 32.2. The predicted octanol–water partition coefficient (Wildman–Crippen LogP) is 0.148. The largest absolute Gasteiger partial charge is 0.356 e. The van der Waals surface area contributed by atoms with Crippen molar-refractivity contribution < 1.29 is 17.2 Å². The van der Waals surface area contributed by atoms with Gasteiger partial charge in [-0.25, -0.2) is 13.1 Å². The Morgan fingerprint density at radius 3 is 1.78 bits per heavy atom. The first-order chi connectivity index (χ1) is 3.81. The molecule has 0 rings (SSSR count). The van der Waals surface area contributed by atoms with Crippen molar-refractivity contribution in [2.24, 2.45) is 0 Å². The number of rotatable bonds is 2. The standard InChI is InChI=1S/C3H7F2NO2S/c1-3(4,5)9(7,8)6-2/h6H,1-2H3. The summed E-state index contributed by atoms with van der Waals surface area (Å²) in [6.45, 7) is 0.318. The minimum atomic E-state index is -4.42. The maximum atomic E-state index is 11.8. The molecule has 0 bridgehead atoms. The Kier molecular flexibility index (Phi) is 2.13. The first-order valence-corrected chi connectivity index (χ1v) is 3.60. The van der Waals surface area contributed by atoms with E-state index in [9.17, 15) is 17.2 Å². The van der Waals surface area contributed by atoms with Crippen LogP contribution in [0, 0.1) is 0 Å². The summed E-state index contributed by atoms with van der Waals surface area (Å²) in [5, 5.41) is -3.69. The number of halogens is 2. The minimum Gasteiger partial charge on any atom is -0.213 e. The predicted molar refractivity (Wildman–Crippen MR) is 28.6 cm³/mol. The Morgan fingerprint density at radius 2 is 1.78 bits per heavy atom. The molecule has 9 heavy (non-hydrogen) atoms. The van der Waals surface area contributed by atoms with E-state index in [2.05, 4.69) is 0 Å². The van der Waals surface area contributed by atoms with E-state index in [1.54, 1.807) is 0 Å². The Labute approximate surface area is 52.1 Å². The zero-order valence-electron chi connectivity index (χ0n) is 4.98. The second-order valence-corrected chi connectivity index (χ2v) is 3.65. The molecule has 6 heteroatoms. The zero-order valence-corrected chi connectivity index (χ0v) is 5.80. The summed E-state index contributed by atoms with van der Waals surface area (Å²) >= 11 is 0. The van der Waals surface area contributed by atoms with Crippen LogP contribution >= 0.6 is 0 Å². The Hall–Kier alpha value is -0.230. The lowest BCUT2D eigenvalue weighted by atomic mass is 10.9. The fourth-order valence-corrected chi connectivity index (χ4v) is 0.538. The third-order valence-corrected chi connectivity index (χ3v) is 2.22. The van der Waals surface area contributed by atoms with Gasteiger partial charge in [0.25, 0.3) is 10.0 Å². The van der Waals surface area contributed by atoms with Crippen molar-refractivity contribution in [1.29, 1.82) is 0 Å². The first kappa shape index (κ1) is 8.77. The molecule has 0 radical (unpaired) electrons. The minimum absolute atomic E-state index is 0.318. The molecular weight excluding hydrogens is 152 g/mol. The summed E-state index contributed by atoms with van der Waals surface area (Å²) in [4.78, 5) is 0. The molecule has 3 nitrogen and oxygen atoms in total. The molecule has 0 saturated heterocycles. The molecule has 0 aliphatic rings. The molecule has 0 saturated carbocycles. The molecule has 0 aromatic rings. The van der Waals surface area contributed by atoms with Crippen LogP contribution in [0.1, 0.15) is 6.92 Å². The maximum Gasteiger partial charge on any atom is 0.356 e. The van der Waals surface area contributed by atoms with Gasteiger partial charge in [-0.05, 0) is 7.05 Å². The van der Waals surface area contributed by atoms with Crippen LogP contribution in [-0.2, 0) is 10.0 Å². The smallest absolute Gasteiger partial charge is 0.213 e. The van der Waals surface area contributed by atoms with E-state index in [0.717, 1.165) is 7.05 Å². The van der Waals surface area contributed by atoms with E-state index in [-0.39, 0.29) is 0 Å². The van der Waals surface area contributed by atoms with Crippen molar-refractivity contribution in [2.45, 2.75) is 12.2 Å². The normalized spacial score (nSPS) is 13.8. The van der Waals surface area contributed by atoms with Crippen LogP contribution in [0.15, 0.2) is 0 Å². The molecule has 0 heterocycles. The van der Waals surface area contributed by atoms with Crippen LogP contribution in [0.4, 0.5) is 8.78 Å². The number of hydrogen-bond donors (Lipinski definition) is 1. The summed E-state index contributed by atoms with van der Waals surface area (Å²) in [6, 6.07) is 0. The van der Waals surface area contributed by atoms with Crippen LogP contribution < -0.4 is 4.72 Å². The van der Waals surface area contributed by atoms with Crippen molar-refractivity contribution in [3.05, 3.63) is 0 Å². The lowest BCUT2D eigenvalue weighted by Gasteiger charge is -2.08. The molecule has 0 atom stereocenters. The summed E-state index contributed by atoms with van der Waals surface area (Å²) in [5.74, 6) is 0. The van der Waals surface area contributed by atoms with Crippen molar-refractivity contribution in [2.75, 3.05) is 7.05 Å². The Bertz CT molecular complexity index is 180. The average Bonchev–Trinajstić information content (AvgIpc) is 1.64. The number of alkyl halides is 2. The van der Waals surface area contributed by atoms with E-state index in [1.165, 1.54) is 4.72 Å². The van der Waals surface area contributed by atoms with Crippen LogP contribution in [-0.4, -0.2) is 20.7 Å². The van der Waals surface area contributed by atoms with Gasteiger partial charge in [0, 0.05) is 6.92 Å². The van der Waals surface area contributed by atoms with Gasteiger partial charge in [0.15, 0.2) is 0 Å². The third kappa shape index (κ3) is 1.87. The van der Waals surface area contributed by atoms with E-state index in [1.807, 2.05) is 0 Å². The SMILES string of the molecule is CNS(=O)(=O)C(C)(F)F. The fourth-order valence-electron chi connectivity index (χ4n) is 0.179. The van der Waals surface area contributed by atoms with E-state index < -0.39 is 15.3 Å². The average molecular weight is 159 g/mol. The topological polar surface area (TPSA) is 46.2 Å². The van der Waals surface area contributed by atoms with Crippen LogP contribution in [0.2, 0.25) is 0 Å². The first-order valence-electron chi connectivity index (χ1n) is 2.12. The Morgan fingerprint density at radius 1 is 1.44 bits per heavy atom. The van der Waals surface area contributed by atoms with Gasteiger partial charge >= 0.3 is 5.25 Å². The molecule has 0 aliphatic heterocycles. The molecule has 0 aromatic heterocycles. The lowest BCUT2D eigenvalue weighted by molar-refractivity contribution is 0.113. The van der Waals surface area contributed by atoms with Crippen molar-refractivity contribution in [1.82, 2.24) is 4.72 Å². The van der Waals surface area contributed by atoms with E-state index >= 15 is 0 Å². The molecular formula is C3H7F2NO2S. The molecule has 0 fully saturated rings. The fraction of sp³-hybridized carbons (Fsp3) is 1.00. The van der Waals surface area contributed by atoms with Gasteiger partial charge in [-0.1, -0.05) is 0 Å². The van der Waals surface area contributed by atoms with Crippen molar-refractivity contribution in [3.8, 4) is 0 Å². The molecule has 0 aliphatic carbocycles. The summed E-state index contributed by atoms with van der Waals surface area (Å²) in [6.07, 6.45) is 0. The lowest BCUT2D eigenvalue weighted by Crippen LogP contribution is -2.34. The molecule has 1 N–H and O–H groups in total. The highest BCUT2D eigenvalue weighted by Crippen LogP contribution is 2.17. The number of nitrogens with one attached hydrogen (secondary N) is 1. The zero-order chi connectivity index (χ0) is 7.71. The molecule has 56 valence electrons. The summed E-state index contributed by atoms with van der Waals surface area (Å²) in [7, 11) is -3.48. The Balaban J connectivity index is 4.57. The van der Waals surface area contributed by atoms with Gasteiger partial charge in [-0.15, -0.1) is 0 Å². The second-order valence-electron chi connectivity index (χ2n) is 1.52. The molecule has 0 unspecified atom stereocenters. The highest BCUT2D eigenvalue weighted by molar-refractivity contribution is 7.90.